The van der Waals surface area contributed by atoms with E-state index in [1.165, 1.54) is 5.56 Å². The molecule has 0 unspecified atom stereocenters. The number of nitrogens with zero attached hydrogens (tertiary/aromatic N) is 1. The van der Waals surface area contributed by atoms with E-state index >= 15 is 0 Å². The number of methoxy groups -OCH3 is 1. The topological polar surface area (TPSA) is 41.6 Å². The molecule has 4 nitrogen and oxygen atoms in total. The van der Waals surface area contributed by atoms with Gasteiger partial charge in [0.2, 0.25) is 0 Å². The molecule has 1 amide bonds. The average molecular weight is 318 g/mol. The lowest BCUT2D eigenvalue weighted by molar-refractivity contribution is 0.0942. The van der Waals surface area contributed by atoms with Gasteiger partial charge >= 0.3 is 0 Å². The van der Waals surface area contributed by atoms with Crippen molar-refractivity contribution in [3.05, 3.63) is 57.8 Å². The van der Waals surface area contributed by atoms with E-state index in [4.69, 9.17) is 4.74 Å². The van der Waals surface area contributed by atoms with Gasteiger partial charge in [-0.1, -0.05) is 12.1 Å². The summed E-state index contributed by atoms with van der Waals surface area (Å²) in [5.41, 5.74) is 2.96. The summed E-state index contributed by atoms with van der Waals surface area (Å²) in [7, 11) is 5.70. The number of amides is 1. The second kappa shape index (κ2) is 8.08. The Hall–Kier alpha value is -1.69. The molecule has 1 N–H and O–H groups in total. The minimum Gasteiger partial charge on any atom is -0.380 e. The van der Waals surface area contributed by atoms with E-state index in [1.807, 2.05) is 38.4 Å². The molecule has 1 heterocycles. The van der Waals surface area contributed by atoms with Crippen LogP contribution in [0.5, 0.6) is 0 Å². The van der Waals surface area contributed by atoms with Crippen LogP contribution >= 0.6 is 11.3 Å². The normalized spacial score (nSPS) is 12.4. The molecule has 1 aromatic heterocycles. The quantitative estimate of drug-likeness (QED) is 0.853. The van der Waals surface area contributed by atoms with E-state index in [2.05, 4.69) is 27.0 Å². The second-order valence-corrected chi connectivity index (χ2v) is 6.16. The molecule has 0 radical (unpaired) electrons. The number of hydrogen-bond donors (Lipinski definition) is 1. The third-order valence-electron chi connectivity index (χ3n) is 3.53. The lowest BCUT2D eigenvalue weighted by Gasteiger charge is -2.24. The molecule has 5 heteroatoms. The zero-order valence-electron chi connectivity index (χ0n) is 13.2. The van der Waals surface area contributed by atoms with Crippen molar-refractivity contribution in [1.82, 2.24) is 10.2 Å². The fourth-order valence-corrected chi connectivity index (χ4v) is 2.98. The van der Waals surface area contributed by atoms with E-state index in [0.29, 0.717) is 18.7 Å². The maximum atomic E-state index is 12.3. The van der Waals surface area contributed by atoms with Crippen LogP contribution in [0.15, 0.2) is 41.1 Å². The summed E-state index contributed by atoms with van der Waals surface area (Å²) in [6.45, 7) is 1.14. The molecule has 0 spiro atoms. The summed E-state index contributed by atoms with van der Waals surface area (Å²) in [5, 5.41) is 7.19. The number of ether oxygens (including phenoxy) is 1. The number of rotatable bonds is 7. The molecule has 1 atom stereocenters. The van der Waals surface area contributed by atoms with Crippen molar-refractivity contribution in [3.63, 3.8) is 0 Å². The third kappa shape index (κ3) is 4.40. The Balaban J connectivity index is 1.96. The first-order valence-corrected chi connectivity index (χ1v) is 8.10. The summed E-state index contributed by atoms with van der Waals surface area (Å²) >= 11 is 1.67. The van der Waals surface area contributed by atoms with Crippen molar-refractivity contribution in [2.75, 3.05) is 27.7 Å². The maximum Gasteiger partial charge on any atom is 0.251 e. The first kappa shape index (κ1) is 16.7. The summed E-state index contributed by atoms with van der Waals surface area (Å²) < 4.78 is 5.07. The van der Waals surface area contributed by atoms with E-state index in [0.717, 1.165) is 5.56 Å². The van der Waals surface area contributed by atoms with Gasteiger partial charge in [-0.2, -0.15) is 11.3 Å². The molecule has 118 valence electrons. The fraction of sp³-hybridized carbons (Fsp3) is 0.353. The van der Waals surface area contributed by atoms with E-state index in [-0.39, 0.29) is 11.9 Å². The number of nitrogens with one attached hydrogen (secondary N) is 1. The minimum absolute atomic E-state index is 0.0500. The third-order valence-corrected chi connectivity index (χ3v) is 4.24. The van der Waals surface area contributed by atoms with Crippen LogP contribution in [0.3, 0.4) is 0 Å². The van der Waals surface area contributed by atoms with Crippen LogP contribution in [0, 0.1) is 0 Å². The van der Waals surface area contributed by atoms with Gasteiger partial charge in [-0.05, 0) is 54.2 Å². The van der Waals surface area contributed by atoms with Crippen molar-refractivity contribution in [2.45, 2.75) is 12.6 Å². The van der Waals surface area contributed by atoms with Crippen LogP contribution in [0.2, 0.25) is 0 Å². The number of likely N-dealkylation sites (N-methyl/N-ethyl adjacent to an activating group) is 1. The van der Waals surface area contributed by atoms with Gasteiger partial charge in [-0.3, -0.25) is 4.79 Å². The Morgan fingerprint density at radius 3 is 2.55 bits per heavy atom. The first-order chi connectivity index (χ1) is 10.6. The van der Waals surface area contributed by atoms with Gasteiger partial charge in [0.1, 0.15) is 0 Å². The van der Waals surface area contributed by atoms with Crippen LogP contribution in [-0.2, 0) is 11.3 Å². The van der Waals surface area contributed by atoms with Gasteiger partial charge in [0, 0.05) is 19.2 Å². The molecule has 0 saturated carbocycles. The maximum absolute atomic E-state index is 12.3. The summed E-state index contributed by atoms with van der Waals surface area (Å²) in [4.78, 5) is 14.4. The minimum atomic E-state index is -0.0500. The highest BCUT2D eigenvalue weighted by molar-refractivity contribution is 7.07. The van der Waals surface area contributed by atoms with Crippen molar-refractivity contribution >= 4 is 17.2 Å². The molecule has 1 aromatic carbocycles. The highest BCUT2D eigenvalue weighted by Gasteiger charge is 2.16. The van der Waals surface area contributed by atoms with Crippen molar-refractivity contribution in [3.8, 4) is 0 Å². The lowest BCUT2D eigenvalue weighted by atomic mass is 10.1. The Bertz CT molecular complexity index is 579. The molecule has 0 bridgehead atoms. The average Bonchev–Trinajstić information content (AvgIpc) is 3.02. The predicted molar refractivity (Wildman–Crippen MR) is 90.2 cm³/mol. The van der Waals surface area contributed by atoms with E-state index in [9.17, 15) is 4.79 Å². The summed E-state index contributed by atoms with van der Waals surface area (Å²) in [5.74, 6) is -0.0500. The Labute approximate surface area is 135 Å². The van der Waals surface area contributed by atoms with Gasteiger partial charge in [-0.25, -0.2) is 0 Å². The Morgan fingerprint density at radius 2 is 2.00 bits per heavy atom. The summed E-state index contributed by atoms with van der Waals surface area (Å²) in [6, 6.07) is 9.78. The highest BCUT2D eigenvalue weighted by atomic mass is 32.1. The largest absolute Gasteiger partial charge is 0.380 e. The molecular weight excluding hydrogens is 296 g/mol. The molecule has 22 heavy (non-hydrogen) atoms. The van der Waals surface area contributed by atoms with Gasteiger partial charge < -0.3 is 15.0 Å². The zero-order chi connectivity index (χ0) is 15.9. The number of hydrogen-bond acceptors (Lipinski definition) is 4. The molecule has 2 rings (SSSR count). The molecule has 0 aliphatic heterocycles. The highest BCUT2D eigenvalue weighted by Crippen LogP contribution is 2.20. The first-order valence-electron chi connectivity index (χ1n) is 7.16. The molecule has 2 aromatic rings. The molecular formula is C17H22N2O2S. The standard InChI is InChI=1S/C17H22N2O2S/c1-19(2)16(15-8-9-22-12-15)10-18-17(20)14-6-4-13(5-7-14)11-21-3/h4-9,12,16H,10-11H2,1-3H3,(H,18,20)/t16-/m0/s1. The number of carbonyl (C=O) groups excluding carboxylic acids is 1. The SMILES string of the molecule is COCc1ccc(C(=O)NC[C@@H](c2ccsc2)N(C)C)cc1. The molecule has 0 saturated heterocycles. The van der Waals surface area contributed by atoms with Gasteiger partial charge in [0.05, 0.1) is 12.6 Å². The summed E-state index contributed by atoms with van der Waals surface area (Å²) in [6.07, 6.45) is 0. The van der Waals surface area contributed by atoms with Gasteiger partial charge in [0.15, 0.2) is 0 Å². The van der Waals surface area contributed by atoms with Crippen LogP contribution in [0.4, 0.5) is 0 Å². The Kier molecular flexibility index (Phi) is 6.12. The van der Waals surface area contributed by atoms with Crippen LogP contribution < -0.4 is 5.32 Å². The van der Waals surface area contributed by atoms with Crippen molar-refractivity contribution in [2.24, 2.45) is 0 Å². The zero-order valence-corrected chi connectivity index (χ0v) is 14.0. The van der Waals surface area contributed by atoms with E-state index in [1.54, 1.807) is 18.4 Å². The lowest BCUT2D eigenvalue weighted by Crippen LogP contribution is -2.34. The predicted octanol–water partition coefficient (Wildman–Crippen LogP) is 2.93. The van der Waals surface area contributed by atoms with Crippen molar-refractivity contribution in [1.29, 1.82) is 0 Å². The van der Waals surface area contributed by atoms with Gasteiger partial charge in [-0.15, -0.1) is 0 Å². The van der Waals surface area contributed by atoms with Crippen LogP contribution in [-0.4, -0.2) is 38.6 Å². The van der Waals surface area contributed by atoms with Crippen LogP contribution in [0.1, 0.15) is 27.5 Å². The Morgan fingerprint density at radius 1 is 1.27 bits per heavy atom. The van der Waals surface area contributed by atoms with Crippen molar-refractivity contribution < 1.29 is 9.53 Å². The number of thiophene rings is 1. The monoisotopic (exact) mass is 318 g/mol. The number of carbonyl (C=O) groups is 1. The van der Waals surface area contributed by atoms with E-state index < -0.39 is 0 Å². The smallest absolute Gasteiger partial charge is 0.251 e. The fourth-order valence-electron chi connectivity index (χ4n) is 2.27. The molecule has 0 aliphatic carbocycles. The van der Waals surface area contributed by atoms with Gasteiger partial charge in [0.25, 0.3) is 5.91 Å². The molecule has 0 fully saturated rings. The van der Waals surface area contributed by atoms with Crippen LogP contribution in [0.25, 0.3) is 0 Å². The number of benzene rings is 1. The molecule has 0 aliphatic rings. The second-order valence-electron chi connectivity index (χ2n) is 5.38.